The molecule has 116 valence electrons. The lowest BCUT2D eigenvalue weighted by atomic mass is 9.72. The van der Waals surface area contributed by atoms with Crippen LogP contribution in [0.5, 0.6) is 0 Å². The van der Waals surface area contributed by atoms with Crippen molar-refractivity contribution in [3.05, 3.63) is 65.7 Å². The topological polar surface area (TPSA) is 21.3 Å². The molecule has 0 aliphatic carbocycles. The van der Waals surface area contributed by atoms with Crippen LogP contribution in [0.25, 0.3) is 0 Å². The van der Waals surface area contributed by atoms with E-state index in [0.29, 0.717) is 0 Å². The average Bonchev–Trinajstić information content (AvgIpc) is 2.57. The molecule has 0 saturated carbocycles. The highest BCUT2D eigenvalue weighted by Crippen LogP contribution is 2.37. The van der Waals surface area contributed by atoms with E-state index in [1.54, 1.807) is 0 Å². The maximum absolute atomic E-state index is 5.61. The molecule has 2 aromatic rings. The van der Waals surface area contributed by atoms with E-state index < -0.39 is 0 Å². The van der Waals surface area contributed by atoms with Gasteiger partial charge in [-0.3, -0.25) is 0 Å². The fourth-order valence-corrected chi connectivity index (χ4v) is 3.44. The molecule has 0 aromatic heterocycles. The van der Waals surface area contributed by atoms with Gasteiger partial charge in [-0.05, 0) is 49.4 Å². The van der Waals surface area contributed by atoms with Gasteiger partial charge < -0.3 is 10.1 Å². The molecule has 3 rings (SSSR count). The lowest BCUT2D eigenvalue weighted by molar-refractivity contribution is 0.0480. The number of benzene rings is 2. The van der Waals surface area contributed by atoms with Gasteiger partial charge in [0.05, 0.1) is 0 Å². The second-order valence-corrected chi connectivity index (χ2v) is 6.30. The molecule has 1 fully saturated rings. The molecular weight excluding hydrogens is 270 g/mol. The van der Waals surface area contributed by atoms with Gasteiger partial charge in [0.15, 0.2) is 0 Å². The first-order chi connectivity index (χ1) is 10.8. The van der Waals surface area contributed by atoms with E-state index in [1.165, 1.54) is 16.8 Å². The maximum atomic E-state index is 5.61. The minimum absolute atomic E-state index is 0.260. The third-order valence-corrected chi connectivity index (χ3v) is 4.79. The molecule has 1 heterocycles. The predicted octanol–water partition coefficient (Wildman–Crippen LogP) is 4.55. The molecule has 2 heteroatoms. The highest BCUT2D eigenvalue weighted by atomic mass is 16.5. The summed E-state index contributed by atoms with van der Waals surface area (Å²) in [6.07, 6.45) is 3.38. The van der Waals surface area contributed by atoms with E-state index in [0.717, 1.165) is 39.0 Å². The predicted molar refractivity (Wildman–Crippen MR) is 92.5 cm³/mol. The molecule has 2 nitrogen and oxygen atoms in total. The fourth-order valence-electron chi connectivity index (χ4n) is 3.44. The SMILES string of the molecule is Cc1cccc(NCCC2(c3ccccc3)CCOCC2)c1. The van der Waals surface area contributed by atoms with Crippen molar-refractivity contribution < 1.29 is 4.74 Å². The number of nitrogens with one attached hydrogen (secondary N) is 1. The Morgan fingerprint density at radius 2 is 1.77 bits per heavy atom. The summed E-state index contributed by atoms with van der Waals surface area (Å²) in [6.45, 7) is 4.88. The van der Waals surface area contributed by atoms with Crippen LogP contribution >= 0.6 is 0 Å². The highest BCUT2D eigenvalue weighted by Gasteiger charge is 2.33. The van der Waals surface area contributed by atoms with Crippen LogP contribution < -0.4 is 5.32 Å². The largest absolute Gasteiger partial charge is 0.385 e. The smallest absolute Gasteiger partial charge is 0.0474 e. The van der Waals surface area contributed by atoms with Crippen LogP contribution in [0.1, 0.15) is 30.4 Å². The third-order valence-electron chi connectivity index (χ3n) is 4.79. The first-order valence-electron chi connectivity index (χ1n) is 8.22. The Bertz CT molecular complexity index is 588. The van der Waals surface area contributed by atoms with Gasteiger partial charge in [-0.25, -0.2) is 0 Å². The summed E-state index contributed by atoms with van der Waals surface area (Å²) in [5, 5.41) is 3.59. The summed E-state index contributed by atoms with van der Waals surface area (Å²) in [4.78, 5) is 0. The molecule has 22 heavy (non-hydrogen) atoms. The molecule has 0 bridgehead atoms. The van der Waals surface area contributed by atoms with Crippen molar-refractivity contribution in [3.8, 4) is 0 Å². The Balaban J connectivity index is 1.68. The molecule has 0 amide bonds. The number of anilines is 1. The van der Waals surface area contributed by atoms with E-state index >= 15 is 0 Å². The zero-order chi connectivity index (χ0) is 15.3. The minimum Gasteiger partial charge on any atom is -0.385 e. The number of rotatable bonds is 5. The molecule has 1 saturated heterocycles. The van der Waals surface area contributed by atoms with Crippen LogP contribution in [0.3, 0.4) is 0 Å². The van der Waals surface area contributed by atoms with Gasteiger partial charge in [-0.15, -0.1) is 0 Å². The first-order valence-corrected chi connectivity index (χ1v) is 8.22. The van der Waals surface area contributed by atoms with Gasteiger partial charge in [0.1, 0.15) is 0 Å². The van der Waals surface area contributed by atoms with Crippen LogP contribution in [0.2, 0.25) is 0 Å². The standard InChI is InChI=1S/C20H25NO/c1-17-6-5-9-19(16-17)21-13-10-20(11-14-22-15-12-20)18-7-3-2-4-8-18/h2-9,16,21H,10-15H2,1H3. The van der Waals surface area contributed by atoms with Gasteiger partial charge in [0.25, 0.3) is 0 Å². The van der Waals surface area contributed by atoms with E-state index in [2.05, 4.69) is 66.8 Å². The zero-order valence-electron chi connectivity index (χ0n) is 13.3. The molecule has 0 spiro atoms. The zero-order valence-corrected chi connectivity index (χ0v) is 13.3. The Hall–Kier alpha value is -1.80. The van der Waals surface area contributed by atoms with Gasteiger partial charge >= 0.3 is 0 Å². The van der Waals surface area contributed by atoms with E-state index in [1.807, 2.05) is 0 Å². The summed E-state index contributed by atoms with van der Waals surface area (Å²) in [7, 11) is 0. The van der Waals surface area contributed by atoms with Crippen molar-refractivity contribution >= 4 is 5.69 Å². The molecule has 0 unspecified atom stereocenters. The van der Waals surface area contributed by atoms with Crippen molar-refractivity contribution in [2.45, 2.75) is 31.6 Å². The molecule has 1 aliphatic rings. The Labute approximate surface area is 133 Å². The van der Waals surface area contributed by atoms with Gasteiger partial charge in [-0.1, -0.05) is 42.5 Å². The van der Waals surface area contributed by atoms with Crippen molar-refractivity contribution in [1.29, 1.82) is 0 Å². The van der Waals surface area contributed by atoms with Crippen LogP contribution in [-0.2, 0) is 10.2 Å². The van der Waals surface area contributed by atoms with Gasteiger partial charge in [0.2, 0.25) is 0 Å². The minimum atomic E-state index is 0.260. The van der Waals surface area contributed by atoms with Crippen LogP contribution in [0, 0.1) is 6.92 Å². The summed E-state index contributed by atoms with van der Waals surface area (Å²) >= 11 is 0. The third kappa shape index (κ3) is 3.50. The van der Waals surface area contributed by atoms with Crippen molar-refractivity contribution in [2.24, 2.45) is 0 Å². The molecule has 2 aromatic carbocycles. The quantitative estimate of drug-likeness (QED) is 0.874. The maximum Gasteiger partial charge on any atom is 0.0474 e. The summed E-state index contributed by atoms with van der Waals surface area (Å²) in [5.74, 6) is 0. The van der Waals surface area contributed by atoms with E-state index in [-0.39, 0.29) is 5.41 Å². The average molecular weight is 295 g/mol. The summed E-state index contributed by atoms with van der Waals surface area (Å²) in [6, 6.07) is 19.6. The monoisotopic (exact) mass is 295 g/mol. The van der Waals surface area contributed by atoms with Gasteiger partial charge in [-0.2, -0.15) is 0 Å². The summed E-state index contributed by atoms with van der Waals surface area (Å²) < 4.78 is 5.61. The second kappa shape index (κ2) is 6.97. The van der Waals surface area contributed by atoms with Crippen LogP contribution in [0.4, 0.5) is 5.69 Å². The molecule has 0 atom stereocenters. The van der Waals surface area contributed by atoms with Crippen LogP contribution in [0.15, 0.2) is 54.6 Å². The van der Waals surface area contributed by atoms with Crippen molar-refractivity contribution in [1.82, 2.24) is 0 Å². The van der Waals surface area contributed by atoms with E-state index in [9.17, 15) is 0 Å². The molecular formula is C20H25NO. The molecule has 0 radical (unpaired) electrons. The Kier molecular flexibility index (Phi) is 4.79. The first kappa shape index (κ1) is 15.1. The normalized spacial score (nSPS) is 17.1. The Morgan fingerprint density at radius 3 is 2.50 bits per heavy atom. The fraction of sp³-hybridized carbons (Fsp3) is 0.400. The number of hydrogen-bond acceptors (Lipinski definition) is 2. The number of ether oxygens (including phenoxy) is 1. The number of aryl methyl sites for hydroxylation is 1. The van der Waals surface area contributed by atoms with E-state index in [4.69, 9.17) is 4.74 Å². The lowest BCUT2D eigenvalue weighted by Gasteiger charge is -2.38. The lowest BCUT2D eigenvalue weighted by Crippen LogP contribution is -2.35. The number of hydrogen-bond donors (Lipinski definition) is 1. The summed E-state index contributed by atoms with van der Waals surface area (Å²) in [5.41, 5.74) is 4.24. The molecule has 1 aliphatic heterocycles. The molecule has 1 N–H and O–H groups in total. The van der Waals surface area contributed by atoms with Crippen molar-refractivity contribution in [2.75, 3.05) is 25.1 Å². The van der Waals surface area contributed by atoms with Crippen molar-refractivity contribution in [3.63, 3.8) is 0 Å². The highest BCUT2D eigenvalue weighted by molar-refractivity contribution is 5.45. The second-order valence-electron chi connectivity index (χ2n) is 6.30. The van der Waals surface area contributed by atoms with Gasteiger partial charge in [0, 0.05) is 30.9 Å². The Morgan fingerprint density at radius 1 is 1.00 bits per heavy atom. The van der Waals surface area contributed by atoms with Crippen LogP contribution in [-0.4, -0.2) is 19.8 Å².